The summed E-state index contributed by atoms with van der Waals surface area (Å²) in [5, 5.41) is 7.01. The van der Waals surface area contributed by atoms with Crippen LogP contribution in [0.4, 0.5) is 0 Å². The quantitative estimate of drug-likeness (QED) is 0.876. The molecule has 0 spiro atoms. The zero-order chi connectivity index (χ0) is 14.7. The van der Waals surface area contributed by atoms with E-state index in [9.17, 15) is 4.79 Å². The molecule has 1 atom stereocenters. The molecule has 110 valence electrons. The van der Waals surface area contributed by atoms with Crippen LogP contribution in [-0.2, 0) is 11.2 Å². The molecule has 0 aliphatic carbocycles. The topological polar surface area (TPSA) is 96.9 Å². The van der Waals surface area contributed by atoms with Crippen LogP contribution in [0.15, 0.2) is 18.6 Å². The van der Waals surface area contributed by atoms with Gasteiger partial charge < -0.3 is 9.64 Å². The summed E-state index contributed by atoms with van der Waals surface area (Å²) in [5.74, 6) is 1.25. The van der Waals surface area contributed by atoms with Crippen molar-refractivity contribution in [1.82, 2.24) is 30.0 Å². The van der Waals surface area contributed by atoms with Crippen molar-refractivity contribution in [2.45, 2.75) is 19.4 Å². The number of aromatic nitrogens is 5. The molecule has 3 rings (SSSR count). The number of carbonyl (C=O) groups excluding carboxylic acids is 1. The van der Waals surface area contributed by atoms with Crippen molar-refractivity contribution in [2.75, 3.05) is 19.7 Å². The Morgan fingerprint density at radius 3 is 3.14 bits per heavy atom. The van der Waals surface area contributed by atoms with Crippen LogP contribution in [0.2, 0.25) is 0 Å². The first-order valence-corrected chi connectivity index (χ1v) is 6.86. The fourth-order valence-electron chi connectivity index (χ4n) is 2.17. The molecular weight excluding hydrogens is 272 g/mol. The van der Waals surface area contributed by atoms with Crippen LogP contribution in [0.25, 0.3) is 0 Å². The third-order valence-electron chi connectivity index (χ3n) is 3.31. The number of carbonyl (C=O) groups is 1. The molecule has 0 unspecified atom stereocenters. The van der Waals surface area contributed by atoms with Gasteiger partial charge >= 0.3 is 0 Å². The van der Waals surface area contributed by atoms with E-state index >= 15 is 0 Å². The first-order chi connectivity index (χ1) is 10.3. The number of hydrogen-bond acceptors (Lipinski definition) is 6. The minimum Gasteiger partial charge on any atom is -0.366 e. The number of ether oxygens (including phenoxy) is 1. The van der Waals surface area contributed by atoms with Gasteiger partial charge in [-0.25, -0.2) is 9.97 Å². The third-order valence-corrected chi connectivity index (χ3v) is 3.31. The Morgan fingerprint density at radius 2 is 2.43 bits per heavy atom. The molecule has 1 saturated heterocycles. The van der Waals surface area contributed by atoms with Gasteiger partial charge in [-0.15, -0.1) is 0 Å². The van der Waals surface area contributed by atoms with Crippen molar-refractivity contribution in [1.29, 1.82) is 0 Å². The Morgan fingerprint density at radius 1 is 1.52 bits per heavy atom. The number of hydrogen-bond donors (Lipinski definition) is 1. The molecule has 2 aromatic rings. The highest BCUT2D eigenvalue weighted by atomic mass is 16.5. The van der Waals surface area contributed by atoms with Gasteiger partial charge in [0.15, 0.2) is 5.82 Å². The van der Waals surface area contributed by atoms with E-state index in [4.69, 9.17) is 4.74 Å². The smallest absolute Gasteiger partial charge is 0.274 e. The minimum atomic E-state index is -0.309. The van der Waals surface area contributed by atoms with Crippen molar-refractivity contribution in [3.63, 3.8) is 0 Å². The van der Waals surface area contributed by atoms with Crippen LogP contribution >= 0.6 is 0 Å². The number of amides is 1. The van der Waals surface area contributed by atoms with Crippen LogP contribution in [0.5, 0.6) is 0 Å². The summed E-state index contributed by atoms with van der Waals surface area (Å²) in [4.78, 5) is 26.4. The van der Waals surface area contributed by atoms with Crippen molar-refractivity contribution < 1.29 is 9.53 Å². The van der Waals surface area contributed by atoms with Crippen molar-refractivity contribution in [3.05, 3.63) is 35.9 Å². The standard InChI is InChI=1S/C13H16N6O2/c1-2-11-16-12(18-17-11)10-8-19(5-6-21-10)13(20)9-7-14-3-4-15-9/h3-4,7,10H,2,5-6,8H2,1H3,(H,16,17,18)/t10-/m0/s1. The van der Waals surface area contributed by atoms with Crippen LogP contribution in [0.1, 0.15) is 35.2 Å². The second kappa shape index (κ2) is 5.96. The van der Waals surface area contributed by atoms with Gasteiger partial charge in [-0.05, 0) is 0 Å². The van der Waals surface area contributed by atoms with E-state index in [0.29, 0.717) is 31.2 Å². The number of aryl methyl sites for hydroxylation is 1. The van der Waals surface area contributed by atoms with Crippen molar-refractivity contribution in [3.8, 4) is 0 Å². The van der Waals surface area contributed by atoms with E-state index in [-0.39, 0.29) is 12.0 Å². The lowest BCUT2D eigenvalue weighted by Crippen LogP contribution is -2.42. The molecule has 0 radical (unpaired) electrons. The van der Waals surface area contributed by atoms with Gasteiger partial charge in [-0.2, -0.15) is 5.10 Å². The van der Waals surface area contributed by atoms with E-state index in [1.807, 2.05) is 6.92 Å². The first kappa shape index (κ1) is 13.6. The molecule has 0 saturated carbocycles. The Balaban J connectivity index is 1.72. The van der Waals surface area contributed by atoms with Crippen LogP contribution in [0.3, 0.4) is 0 Å². The molecule has 1 aliphatic heterocycles. The molecule has 1 N–H and O–H groups in total. The van der Waals surface area contributed by atoms with Gasteiger partial charge in [0.05, 0.1) is 19.3 Å². The maximum Gasteiger partial charge on any atom is 0.274 e. The summed E-state index contributed by atoms with van der Waals surface area (Å²) >= 11 is 0. The second-order valence-corrected chi connectivity index (χ2v) is 4.70. The molecule has 21 heavy (non-hydrogen) atoms. The maximum atomic E-state index is 12.4. The fraction of sp³-hybridized carbons (Fsp3) is 0.462. The summed E-state index contributed by atoms with van der Waals surface area (Å²) in [5.41, 5.74) is 0.336. The Hall–Kier alpha value is -2.35. The SMILES string of the molecule is CCc1nc([C@@H]2CN(C(=O)c3cnccn3)CCO2)n[nH]1. The monoisotopic (exact) mass is 288 g/mol. The van der Waals surface area contributed by atoms with Gasteiger partial charge in [0, 0.05) is 25.4 Å². The third kappa shape index (κ3) is 2.89. The number of nitrogens with one attached hydrogen (secondary N) is 1. The van der Waals surface area contributed by atoms with Crippen LogP contribution in [0, 0.1) is 0 Å². The lowest BCUT2D eigenvalue weighted by atomic mass is 10.2. The van der Waals surface area contributed by atoms with E-state index in [1.54, 1.807) is 11.1 Å². The summed E-state index contributed by atoms with van der Waals surface area (Å²) in [7, 11) is 0. The number of aromatic amines is 1. The molecule has 0 bridgehead atoms. The zero-order valence-corrected chi connectivity index (χ0v) is 11.7. The highest BCUT2D eigenvalue weighted by Gasteiger charge is 2.29. The zero-order valence-electron chi connectivity index (χ0n) is 11.7. The normalized spacial score (nSPS) is 18.7. The van der Waals surface area contributed by atoms with Crippen molar-refractivity contribution >= 4 is 5.91 Å². The molecule has 8 heteroatoms. The van der Waals surface area contributed by atoms with Crippen molar-refractivity contribution in [2.24, 2.45) is 0 Å². The van der Waals surface area contributed by atoms with E-state index in [2.05, 4.69) is 25.1 Å². The highest BCUT2D eigenvalue weighted by Crippen LogP contribution is 2.20. The number of nitrogens with zero attached hydrogens (tertiary/aromatic N) is 5. The average Bonchev–Trinajstić information content (AvgIpc) is 3.04. The lowest BCUT2D eigenvalue weighted by Gasteiger charge is -2.31. The lowest BCUT2D eigenvalue weighted by molar-refractivity contribution is -0.0268. The fourth-order valence-corrected chi connectivity index (χ4v) is 2.17. The molecule has 2 aromatic heterocycles. The predicted octanol–water partition coefficient (Wildman–Crippen LogP) is 0.371. The number of rotatable bonds is 3. The molecule has 3 heterocycles. The molecule has 8 nitrogen and oxygen atoms in total. The predicted molar refractivity (Wildman–Crippen MR) is 72.4 cm³/mol. The highest BCUT2D eigenvalue weighted by molar-refractivity contribution is 5.92. The largest absolute Gasteiger partial charge is 0.366 e. The number of morpholine rings is 1. The van der Waals surface area contributed by atoms with Gasteiger partial charge in [0.2, 0.25) is 0 Å². The maximum absolute atomic E-state index is 12.4. The Kier molecular flexibility index (Phi) is 3.87. The van der Waals surface area contributed by atoms with Gasteiger partial charge in [-0.1, -0.05) is 6.92 Å². The van der Waals surface area contributed by atoms with E-state index < -0.39 is 0 Å². The molecular formula is C13H16N6O2. The van der Waals surface area contributed by atoms with E-state index in [1.165, 1.54) is 12.4 Å². The molecule has 1 aliphatic rings. The second-order valence-electron chi connectivity index (χ2n) is 4.70. The molecule has 1 amide bonds. The van der Waals surface area contributed by atoms with Crippen LogP contribution in [-0.4, -0.2) is 55.7 Å². The summed E-state index contributed by atoms with van der Waals surface area (Å²) in [6.45, 7) is 3.38. The van der Waals surface area contributed by atoms with Gasteiger partial charge in [0.1, 0.15) is 17.6 Å². The summed E-state index contributed by atoms with van der Waals surface area (Å²) in [6, 6.07) is 0. The van der Waals surface area contributed by atoms with Gasteiger partial charge in [0.25, 0.3) is 5.91 Å². The molecule has 0 aromatic carbocycles. The summed E-state index contributed by atoms with van der Waals surface area (Å²) in [6.07, 6.45) is 4.99. The Labute approximate surface area is 121 Å². The molecule has 1 fully saturated rings. The van der Waals surface area contributed by atoms with Crippen LogP contribution < -0.4 is 0 Å². The summed E-state index contributed by atoms with van der Waals surface area (Å²) < 4.78 is 5.66. The van der Waals surface area contributed by atoms with E-state index in [0.717, 1.165) is 12.2 Å². The minimum absolute atomic E-state index is 0.150. The Bertz CT molecular complexity index is 614. The van der Waals surface area contributed by atoms with Gasteiger partial charge in [-0.3, -0.25) is 14.9 Å². The number of H-pyrrole nitrogens is 1. The first-order valence-electron chi connectivity index (χ1n) is 6.86. The average molecular weight is 288 g/mol.